The van der Waals surface area contributed by atoms with Gasteiger partial charge in [-0.05, 0) is 92.3 Å². The van der Waals surface area contributed by atoms with E-state index in [0.29, 0.717) is 5.69 Å². The summed E-state index contributed by atoms with van der Waals surface area (Å²) in [5.74, 6) is -2.25. The molecule has 1 aliphatic heterocycles. The van der Waals surface area contributed by atoms with Crippen LogP contribution in [0.2, 0.25) is 0 Å². The Labute approximate surface area is 203 Å². The molecule has 1 fully saturated rings. The summed E-state index contributed by atoms with van der Waals surface area (Å²) in [4.78, 5) is 38.2. The third kappa shape index (κ3) is 4.24. The Hall–Kier alpha value is -3.56. The fraction of sp³-hybridized carbons (Fsp3) is 0.0833. The summed E-state index contributed by atoms with van der Waals surface area (Å²) < 4.78 is 3.00. The van der Waals surface area contributed by atoms with Gasteiger partial charge in [-0.3, -0.25) is 19.8 Å². The Bertz CT molecular complexity index is 1340. The molecule has 1 aliphatic rings. The Balaban J connectivity index is 1.73. The molecule has 166 valence electrons. The van der Waals surface area contributed by atoms with Crippen molar-refractivity contribution in [1.82, 2.24) is 9.88 Å². The predicted molar refractivity (Wildman–Crippen MR) is 133 cm³/mol. The van der Waals surface area contributed by atoms with Crippen LogP contribution in [0.3, 0.4) is 0 Å². The zero-order chi connectivity index (χ0) is 23.9. The average Bonchev–Trinajstić information content (AvgIpc) is 3.05. The standard InChI is InChI=1S/C24H18BrN3O4S/c1-13-11-16(14(2)27(13)18-9-5-17(25)6-10-18)12-20-21(29)26-24(33)28(22(20)30)19-7-3-15(4-8-19)23(31)32/h3-12H,1-2H3,(H,31,32)(H,26,29,33)/b20-12-. The lowest BCUT2D eigenvalue weighted by atomic mass is 10.1. The van der Waals surface area contributed by atoms with Crippen LogP contribution in [-0.4, -0.2) is 32.6 Å². The van der Waals surface area contributed by atoms with Gasteiger partial charge >= 0.3 is 5.97 Å². The molecule has 33 heavy (non-hydrogen) atoms. The van der Waals surface area contributed by atoms with Crippen molar-refractivity contribution < 1.29 is 19.5 Å². The normalized spacial score (nSPS) is 15.2. The van der Waals surface area contributed by atoms with Gasteiger partial charge < -0.3 is 9.67 Å². The van der Waals surface area contributed by atoms with E-state index in [0.717, 1.165) is 27.1 Å². The van der Waals surface area contributed by atoms with Crippen molar-refractivity contribution in [3.05, 3.63) is 87.2 Å². The maximum Gasteiger partial charge on any atom is 0.335 e. The number of nitrogens with zero attached hydrogens (tertiary/aromatic N) is 2. The molecule has 7 nitrogen and oxygen atoms in total. The first kappa shape index (κ1) is 22.6. The second kappa shape index (κ2) is 8.76. The van der Waals surface area contributed by atoms with Crippen LogP contribution in [0.4, 0.5) is 5.69 Å². The smallest absolute Gasteiger partial charge is 0.335 e. The Morgan fingerprint density at radius 3 is 2.24 bits per heavy atom. The van der Waals surface area contributed by atoms with E-state index in [4.69, 9.17) is 17.3 Å². The Morgan fingerprint density at radius 1 is 1.03 bits per heavy atom. The fourth-order valence-electron chi connectivity index (χ4n) is 3.72. The van der Waals surface area contributed by atoms with Crippen LogP contribution in [0.1, 0.15) is 27.3 Å². The van der Waals surface area contributed by atoms with Gasteiger partial charge in [0.25, 0.3) is 11.8 Å². The van der Waals surface area contributed by atoms with Gasteiger partial charge in [0.05, 0.1) is 11.3 Å². The van der Waals surface area contributed by atoms with Gasteiger partial charge in [-0.25, -0.2) is 4.79 Å². The summed E-state index contributed by atoms with van der Waals surface area (Å²) in [5.41, 5.74) is 3.87. The van der Waals surface area contributed by atoms with Crippen molar-refractivity contribution in [2.75, 3.05) is 4.90 Å². The number of hydrogen-bond donors (Lipinski definition) is 2. The van der Waals surface area contributed by atoms with Crippen LogP contribution in [0.15, 0.2) is 64.6 Å². The number of carboxylic acids is 1. The number of thiocarbonyl (C=S) groups is 1. The highest BCUT2D eigenvalue weighted by atomic mass is 79.9. The van der Waals surface area contributed by atoms with Crippen LogP contribution in [-0.2, 0) is 9.59 Å². The van der Waals surface area contributed by atoms with Gasteiger partial charge in [-0.15, -0.1) is 0 Å². The lowest BCUT2D eigenvalue weighted by Crippen LogP contribution is -2.54. The van der Waals surface area contributed by atoms with Crippen molar-refractivity contribution in [3.8, 4) is 5.69 Å². The molecule has 0 bridgehead atoms. The van der Waals surface area contributed by atoms with Crippen molar-refractivity contribution in [2.45, 2.75) is 13.8 Å². The van der Waals surface area contributed by atoms with E-state index in [1.54, 1.807) is 6.08 Å². The first-order valence-electron chi connectivity index (χ1n) is 9.87. The van der Waals surface area contributed by atoms with Gasteiger partial charge in [-0.2, -0.15) is 0 Å². The molecule has 0 aliphatic carbocycles. The molecule has 0 atom stereocenters. The number of aromatic carboxylic acids is 1. The summed E-state index contributed by atoms with van der Waals surface area (Å²) in [6, 6.07) is 15.4. The molecule has 3 aromatic rings. The molecule has 1 aromatic heterocycles. The third-order valence-corrected chi connectivity index (χ3v) is 6.14. The maximum absolute atomic E-state index is 13.3. The number of amides is 2. The number of carbonyl (C=O) groups is 3. The van der Waals surface area contributed by atoms with Gasteiger partial charge in [0.2, 0.25) is 0 Å². The van der Waals surface area contributed by atoms with Gasteiger partial charge in [0.15, 0.2) is 5.11 Å². The zero-order valence-electron chi connectivity index (χ0n) is 17.6. The largest absolute Gasteiger partial charge is 0.478 e. The molecule has 0 saturated carbocycles. The molecular formula is C24H18BrN3O4S. The average molecular weight is 524 g/mol. The van der Waals surface area contributed by atoms with Crippen LogP contribution in [0.25, 0.3) is 11.8 Å². The lowest BCUT2D eigenvalue weighted by Gasteiger charge is -2.29. The maximum atomic E-state index is 13.3. The van der Waals surface area contributed by atoms with Crippen LogP contribution >= 0.6 is 28.1 Å². The van der Waals surface area contributed by atoms with Gasteiger partial charge in [0.1, 0.15) is 5.57 Å². The first-order valence-corrected chi connectivity index (χ1v) is 11.1. The zero-order valence-corrected chi connectivity index (χ0v) is 20.0. The molecule has 1 saturated heterocycles. The van der Waals surface area contributed by atoms with Crippen LogP contribution < -0.4 is 10.2 Å². The summed E-state index contributed by atoms with van der Waals surface area (Å²) in [7, 11) is 0. The molecule has 0 unspecified atom stereocenters. The first-order chi connectivity index (χ1) is 15.7. The van der Waals surface area contributed by atoms with Crippen molar-refractivity contribution >= 4 is 62.8 Å². The third-order valence-electron chi connectivity index (χ3n) is 5.33. The Kier molecular flexibility index (Phi) is 6.01. The quantitative estimate of drug-likeness (QED) is 0.300. The van der Waals surface area contributed by atoms with E-state index in [1.165, 1.54) is 29.2 Å². The molecule has 2 amide bonds. The Morgan fingerprint density at radius 2 is 1.64 bits per heavy atom. The van der Waals surface area contributed by atoms with E-state index >= 15 is 0 Å². The van der Waals surface area contributed by atoms with E-state index in [-0.39, 0.29) is 16.2 Å². The van der Waals surface area contributed by atoms with E-state index in [9.17, 15) is 14.4 Å². The summed E-state index contributed by atoms with van der Waals surface area (Å²) in [5, 5.41) is 11.6. The summed E-state index contributed by atoms with van der Waals surface area (Å²) >= 11 is 8.65. The monoisotopic (exact) mass is 523 g/mol. The highest BCUT2D eigenvalue weighted by Gasteiger charge is 2.34. The SMILES string of the molecule is Cc1cc(/C=C2/C(=O)NC(=S)N(c3ccc(C(=O)O)cc3)C2=O)c(C)n1-c1ccc(Br)cc1. The van der Waals surface area contributed by atoms with E-state index in [1.807, 2.05) is 48.7 Å². The molecule has 0 radical (unpaired) electrons. The molecule has 9 heteroatoms. The number of hydrogen-bond acceptors (Lipinski definition) is 4. The molecule has 2 N–H and O–H groups in total. The molecule has 4 rings (SSSR count). The van der Waals surface area contributed by atoms with Crippen molar-refractivity contribution in [3.63, 3.8) is 0 Å². The number of nitrogens with one attached hydrogen (secondary N) is 1. The van der Waals surface area contributed by atoms with Crippen molar-refractivity contribution in [1.29, 1.82) is 0 Å². The van der Waals surface area contributed by atoms with Gasteiger partial charge in [0, 0.05) is 21.5 Å². The van der Waals surface area contributed by atoms with Gasteiger partial charge in [-0.1, -0.05) is 15.9 Å². The number of aryl methyl sites for hydroxylation is 1. The number of halogens is 1. The minimum absolute atomic E-state index is 0.0643. The summed E-state index contributed by atoms with van der Waals surface area (Å²) in [6.45, 7) is 3.87. The van der Waals surface area contributed by atoms with E-state index in [2.05, 4.69) is 21.2 Å². The van der Waals surface area contributed by atoms with Crippen molar-refractivity contribution in [2.24, 2.45) is 0 Å². The molecular weight excluding hydrogens is 506 g/mol. The second-order valence-electron chi connectivity index (χ2n) is 7.45. The molecule has 0 spiro atoms. The summed E-state index contributed by atoms with van der Waals surface area (Å²) in [6.07, 6.45) is 1.55. The van der Waals surface area contributed by atoms with E-state index < -0.39 is 17.8 Å². The van der Waals surface area contributed by atoms with Crippen LogP contribution in [0.5, 0.6) is 0 Å². The molecule has 2 heterocycles. The minimum Gasteiger partial charge on any atom is -0.478 e. The minimum atomic E-state index is -1.08. The number of carboxylic acid groups (broad SMARTS) is 1. The number of benzene rings is 2. The number of aromatic nitrogens is 1. The highest BCUT2D eigenvalue weighted by Crippen LogP contribution is 2.27. The molecule has 2 aromatic carbocycles. The second-order valence-corrected chi connectivity index (χ2v) is 8.75. The number of rotatable bonds is 4. The fourth-order valence-corrected chi connectivity index (χ4v) is 4.27. The highest BCUT2D eigenvalue weighted by molar-refractivity contribution is 9.10. The number of carbonyl (C=O) groups excluding carboxylic acids is 2. The number of anilines is 1. The lowest BCUT2D eigenvalue weighted by molar-refractivity contribution is -0.122. The predicted octanol–water partition coefficient (Wildman–Crippen LogP) is 4.39. The van der Waals surface area contributed by atoms with Crippen LogP contribution in [0, 0.1) is 13.8 Å². The topological polar surface area (TPSA) is 91.6 Å².